The third-order valence-electron chi connectivity index (χ3n) is 7.35. The van der Waals surface area contributed by atoms with Gasteiger partial charge in [0.05, 0.1) is 40.6 Å². The second-order valence-corrected chi connectivity index (χ2v) is 10.6. The summed E-state index contributed by atoms with van der Waals surface area (Å²) in [4.78, 5) is 40.2. The summed E-state index contributed by atoms with van der Waals surface area (Å²) in [6, 6.07) is 8.11. The molecule has 0 saturated carbocycles. The number of nitrogens with zero attached hydrogens (tertiary/aromatic N) is 3. The first-order valence-electron chi connectivity index (χ1n) is 13.6. The van der Waals surface area contributed by atoms with E-state index in [1.807, 2.05) is 36.9 Å². The Labute approximate surface area is 243 Å². The molecule has 3 N–H and O–H groups in total. The Morgan fingerprint density at radius 3 is 2.93 bits per heavy atom. The summed E-state index contributed by atoms with van der Waals surface area (Å²) in [5.74, 6) is 6.06. The van der Waals surface area contributed by atoms with Gasteiger partial charge in [0.2, 0.25) is 5.91 Å². The Morgan fingerprint density at radius 2 is 2.14 bits per heavy atom. The number of hydrogen-bond acceptors (Lipinski definition) is 6. The molecule has 0 radical (unpaired) electrons. The summed E-state index contributed by atoms with van der Waals surface area (Å²) in [7, 11) is 5.29. The number of amides is 1. The number of carbonyl (C=O) groups excluding carboxylic acids is 1. The summed E-state index contributed by atoms with van der Waals surface area (Å²) in [6.45, 7) is 3.28. The van der Waals surface area contributed by atoms with Crippen LogP contribution in [0.4, 0.5) is 15.8 Å². The predicted octanol–water partition coefficient (Wildman–Crippen LogP) is 4.66. The molecule has 10 heteroatoms. The van der Waals surface area contributed by atoms with Crippen molar-refractivity contribution in [3.8, 4) is 28.8 Å². The fraction of sp³-hybridized carbons (Fsp3) is 0.281. The number of rotatable bonds is 7. The van der Waals surface area contributed by atoms with Crippen LogP contribution in [0.2, 0.25) is 0 Å². The number of aromatic amines is 2. The number of anilines is 2. The van der Waals surface area contributed by atoms with Crippen molar-refractivity contribution < 1.29 is 13.9 Å². The van der Waals surface area contributed by atoms with Crippen molar-refractivity contribution >= 4 is 28.2 Å². The summed E-state index contributed by atoms with van der Waals surface area (Å²) in [5, 5.41) is 3.60. The number of methoxy groups -OCH3 is 1. The molecule has 4 aromatic rings. The van der Waals surface area contributed by atoms with Gasteiger partial charge in [-0.3, -0.25) is 14.6 Å². The van der Waals surface area contributed by atoms with E-state index in [0.717, 1.165) is 12.8 Å². The Hall–Kier alpha value is -4.88. The highest BCUT2D eigenvalue weighted by Gasteiger charge is 2.37. The zero-order chi connectivity index (χ0) is 29.9. The van der Waals surface area contributed by atoms with Gasteiger partial charge in [0.25, 0.3) is 5.56 Å². The monoisotopic (exact) mass is 568 g/mol. The number of halogens is 1. The molecule has 0 aliphatic carbocycles. The van der Waals surface area contributed by atoms with E-state index in [-0.39, 0.29) is 17.2 Å². The fourth-order valence-electron chi connectivity index (χ4n) is 5.24. The molecule has 1 fully saturated rings. The third kappa shape index (κ3) is 5.64. The van der Waals surface area contributed by atoms with Crippen LogP contribution in [0.5, 0.6) is 5.75 Å². The van der Waals surface area contributed by atoms with Gasteiger partial charge in [-0.1, -0.05) is 24.0 Å². The maximum atomic E-state index is 14.5. The molecule has 0 spiro atoms. The fourth-order valence-corrected chi connectivity index (χ4v) is 5.24. The van der Waals surface area contributed by atoms with Gasteiger partial charge in [0.15, 0.2) is 11.6 Å². The summed E-state index contributed by atoms with van der Waals surface area (Å²) in [6.07, 6.45) is 9.93. The highest BCUT2D eigenvalue weighted by molar-refractivity contribution is 6.03. The van der Waals surface area contributed by atoms with Crippen LogP contribution in [0.25, 0.3) is 22.2 Å². The first-order valence-corrected chi connectivity index (χ1v) is 13.6. The van der Waals surface area contributed by atoms with Crippen molar-refractivity contribution in [3.05, 3.63) is 82.8 Å². The number of para-hydroxylation sites is 1. The van der Waals surface area contributed by atoms with Crippen LogP contribution in [0.1, 0.15) is 25.3 Å². The van der Waals surface area contributed by atoms with Crippen LogP contribution in [0, 0.1) is 17.7 Å². The molecule has 1 amide bonds. The van der Waals surface area contributed by atoms with E-state index < -0.39 is 11.4 Å². The van der Waals surface area contributed by atoms with Crippen molar-refractivity contribution in [1.29, 1.82) is 0 Å². The van der Waals surface area contributed by atoms with Gasteiger partial charge in [-0.05, 0) is 58.1 Å². The van der Waals surface area contributed by atoms with Crippen LogP contribution in [-0.4, -0.2) is 70.5 Å². The topological polar surface area (TPSA) is 106 Å². The van der Waals surface area contributed by atoms with Crippen LogP contribution in [0.15, 0.2) is 65.9 Å². The molecule has 1 aliphatic heterocycles. The number of benzene rings is 1. The van der Waals surface area contributed by atoms with Gasteiger partial charge in [0, 0.05) is 43.3 Å². The average Bonchev–Trinajstić information content (AvgIpc) is 3.53. The van der Waals surface area contributed by atoms with Crippen LogP contribution >= 0.6 is 0 Å². The smallest absolute Gasteiger partial charge is 0.259 e. The second-order valence-electron chi connectivity index (χ2n) is 10.6. The van der Waals surface area contributed by atoms with E-state index in [1.54, 1.807) is 48.9 Å². The van der Waals surface area contributed by atoms with Crippen molar-refractivity contribution in [2.75, 3.05) is 39.6 Å². The maximum Gasteiger partial charge on any atom is 0.259 e. The lowest BCUT2D eigenvalue weighted by Crippen LogP contribution is -2.43. The van der Waals surface area contributed by atoms with Gasteiger partial charge in [-0.15, -0.1) is 0 Å². The molecular weight excluding hydrogens is 535 g/mol. The highest BCUT2D eigenvalue weighted by Crippen LogP contribution is 2.39. The van der Waals surface area contributed by atoms with Crippen LogP contribution < -0.4 is 15.6 Å². The molecule has 0 bridgehead atoms. The summed E-state index contributed by atoms with van der Waals surface area (Å²) in [5.41, 5.74) is 2.31. The normalized spacial score (nSPS) is 16.7. The van der Waals surface area contributed by atoms with E-state index >= 15 is 0 Å². The number of fused-ring (bicyclic) bond motifs is 1. The molecule has 216 valence electrons. The lowest BCUT2D eigenvalue weighted by Gasteiger charge is -2.29. The molecule has 42 heavy (non-hydrogen) atoms. The number of pyridine rings is 2. The first-order chi connectivity index (χ1) is 20.2. The molecule has 3 aromatic heterocycles. The van der Waals surface area contributed by atoms with Gasteiger partial charge >= 0.3 is 0 Å². The Bertz CT molecular complexity index is 1780. The van der Waals surface area contributed by atoms with E-state index in [9.17, 15) is 14.0 Å². The molecule has 1 aliphatic rings. The molecule has 1 aromatic carbocycles. The molecule has 1 atom stereocenters. The number of hydrogen-bond donors (Lipinski definition) is 3. The van der Waals surface area contributed by atoms with Gasteiger partial charge in [0.1, 0.15) is 5.54 Å². The van der Waals surface area contributed by atoms with Crippen molar-refractivity contribution in [3.63, 3.8) is 0 Å². The maximum absolute atomic E-state index is 14.5. The third-order valence-corrected chi connectivity index (χ3v) is 7.35. The van der Waals surface area contributed by atoms with Crippen LogP contribution in [-0.2, 0) is 4.79 Å². The standard InChI is InChI=1S/C32H33FN6O3/c1-32(14-7-19-39(32)26(40)10-6-18-38(2)3)15-11-21-20-34-16-12-22(21)28-29(27-24(36-28)13-17-35-31(27)41)37-25-9-5-8-23(33)30(25)42-4/h5-6,8-10,12-13,16-17,20,36-37H,7,14,18-19H2,1-4H3,(H,35,41)/b10-6+/t32-/m0/s1. The lowest BCUT2D eigenvalue weighted by molar-refractivity contribution is -0.128. The van der Waals surface area contributed by atoms with Crippen molar-refractivity contribution in [2.24, 2.45) is 0 Å². The van der Waals surface area contributed by atoms with Crippen molar-refractivity contribution in [2.45, 2.75) is 25.3 Å². The second kappa shape index (κ2) is 11.9. The first kappa shape index (κ1) is 28.6. The Balaban J connectivity index is 1.58. The zero-order valence-corrected chi connectivity index (χ0v) is 24.0. The van der Waals surface area contributed by atoms with Gasteiger partial charge in [-0.2, -0.15) is 0 Å². The number of aromatic nitrogens is 3. The van der Waals surface area contributed by atoms with Crippen molar-refractivity contribution in [1.82, 2.24) is 24.8 Å². The molecule has 0 unspecified atom stereocenters. The number of ether oxygens (including phenoxy) is 1. The predicted molar refractivity (Wildman–Crippen MR) is 162 cm³/mol. The SMILES string of the molecule is COc1c(F)cccc1Nc1c(-c2ccncc2C#C[C@]2(C)CCCN2C(=O)/C=C/CN(C)C)[nH]c2cc[nH]c(=O)c12. The van der Waals surface area contributed by atoms with Gasteiger partial charge < -0.3 is 29.8 Å². The number of carbonyl (C=O) groups is 1. The van der Waals surface area contributed by atoms with Gasteiger partial charge in [-0.25, -0.2) is 4.39 Å². The average molecular weight is 569 g/mol. The lowest BCUT2D eigenvalue weighted by atomic mass is 9.98. The molecular formula is C32H33FN6O3. The van der Waals surface area contributed by atoms with E-state index in [1.165, 1.54) is 13.2 Å². The molecule has 9 nitrogen and oxygen atoms in total. The minimum absolute atomic E-state index is 0.0263. The molecule has 5 rings (SSSR count). The minimum Gasteiger partial charge on any atom is -0.492 e. The number of likely N-dealkylation sites (tertiary alicyclic amines) is 1. The largest absolute Gasteiger partial charge is 0.492 e. The zero-order valence-electron chi connectivity index (χ0n) is 24.0. The number of nitrogens with one attached hydrogen (secondary N) is 3. The molecule has 4 heterocycles. The van der Waals surface area contributed by atoms with E-state index in [4.69, 9.17) is 4.74 Å². The van der Waals surface area contributed by atoms with E-state index in [2.05, 4.69) is 32.1 Å². The summed E-state index contributed by atoms with van der Waals surface area (Å²) < 4.78 is 19.8. The van der Waals surface area contributed by atoms with E-state index in [0.29, 0.717) is 52.2 Å². The molecule has 1 saturated heterocycles. The Kier molecular flexibility index (Phi) is 8.13. The quantitative estimate of drug-likeness (QED) is 0.221. The summed E-state index contributed by atoms with van der Waals surface area (Å²) >= 11 is 0. The highest BCUT2D eigenvalue weighted by atomic mass is 19.1. The number of H-pyrrole nitrogens is 2. The minimum atomic E-state index is -0.653. The van der Waals surface area contributed by atoms with Crippen LogP contribution in [0.3, 0.4) is 0 Å². The number of likely N-dealkylation sites (N-methyl/N-ethyl adjacent to an activating group) is 1. The Morgan fingerprint density at radius 1 is 1.31 bits per heavy atom.